The van der Waals surface area contributed by atoms with E-state index >= 15 is 0 Å². The quantitative estimate of drug-likeness (QED) is 0.671. The third kappa shape index (κ3) is 3.64. The van der Waals surface area contributed by atoms with Crippen LogP contribution < -0.4 is 11.1 Å². The molecule has 0 spiro atoms. The number of nitrogens with two attached hydrogens (primary N) is 1. The van der Waals surface area contributed by atoms with Gasteiger partial charge < -0.3 is 11.1 Å². The largest absolute Gasteiger partial charge is 0.377 e. The first kappa shape index (κ1) is 17.4. The number of fused-ring (bicyclic) bond motifs is 1. The van der Waals surface area contributed by atoms with Crippen molar-refractivity contribution in [1.29, 1.82) is 0 Å². The van der Waals surface area contributed by atoms with E-state index in [1.54, 1.807) is 28.1 Å². The van der Waals surface area contributed by atoms with Gasteiger partial charge in [0.2, 0.25) is 0 Å². The predicted octanol–water partition coefficient (Wildman–Crippen LogP) is 3.94. The summed E-state index contributed by atoms with van der Waals surface area (Å²) in [4.78, 5) is 4.23. The van der Waals surface area contributed by atoms with E-state index in [4.69, 9.17) is 28.9 Å². The molecule has 0 amide bonds. The summed E-state index contributed by atoms with van der Waals surface area (Å²) in [5, 5.41) is 11.1. The van der Waals surface area contributed by atoms with E-state index < -0.39 is 12.2 Å². The molecule has 3 aromatic heterocycles. The predicted molar refractivity (Wildman–Crippen MR) is 96.9 cm³/mol. The van der Waals surface area contributed by atoms with E-state index in [9.17, 15) is 4.39 Å². The molecule has 0 fully saturated rings. The number of hydrogen-bond acceptors (Lipinski definition) is 5. The minimum absolute atomic E-state index is 0.302. The summed E-state index contributed by atoms with van der Waals surface area (Å²) < 4.78 is 14.9. The number of halogens is 3. The summed E-state index contributed by atoms with van der Waals surface area (Å²) in [7, 11) is 0. The van der Waals surface area contributed by atoms with E-state index in [0.29, 0.717) is 23.3 Å². The van der Waals surface area contributed by atoms with Crippen LogP contribution in [0.15, 0.2) is 23.7 Å². The summed E-state index contributed by atoms with van der Waals surface area (Å²) >= 11 is 14.0. The van der Waals surface area contributed by atoms with Gasteiger partial charge >= 0.3 is 0 Å². The Bertz CT molecular complexity index is 834. The lowest BCUT2D eigenvalue weighted by atomic mass is 10.1. The Hall–Kier alpha value is -1.41. The van der Waals surface area contributed by atoms with E-state index in [1.807, 2.05) is 11.4 Å². The topological polar surface area (TPSA) is 68.2 Å². The number of nitrogens with one attached hydrogen (secondary N) is 1. The summed E-state index contributed by atoms with van der Waals surface area (Å²) in [5.41, 5.74) is 8.09. The van der Waals surface area contributed by atoms with Crippen molar-refractivity contribution in [2.24, 2.45) is 5.73 Å². The molecule has 0 aliphatic heterocycles. The second-order valence-corrected chi connectivity index (χ2v) is 7.19. The van der Waals surface area contributed by atoms with Crippen LogP contribution in [-0.4, -0.2) is 26.8 Å². The third-order valence-corrected chi connectivity index (χ3v) is 5.05. The lowest BCUT2D eigenvalue weighted by Crippen LogP contribution is -2.31. The average Bonchev–Trinajstić information content (AvgIpc) is 3.15. The zero-order valence-electron chi connectivity index (χ0n) is 12.8. The Morgan fingerprint density at radius 1 is 1.42 bits per heavy atom. The number of nitrogens with zero attached hydrogens (tertiary/aromatic N) is 3. The molecule has 0 aliphatic carbocycles. The summed E-state index contributed by atoms with van der Waals surface area (Å²) in [5.74, 6) is 0. The van der Waals surface area contributed by atoms with Crippen molar-refractivity contribution in [2.75, 3.05) is 5.32 Å². The maximum absolute atomic E-state index is 13.4. The second-order valence-electron chi connectivity index (χ2n) is 5.46. The Labute approximate surface area is 152 Å². The van der Waals surface area contributed by atoms with Gasteiger partial charge in [-0.3, -0.25) is 0 Å². The number of hydrogen-bond donors (Lipinski definition) is 2. The SMILES string of the molecule is C[C@H](F)[C@H](N)Cc1cc2c(NCc3nccs3)cc(Cl)nn2c1Cl. The number of thiazole rings is 1. The first-order valence-corrected chi connectivity index (χ1v) is 8.98. The van der Waals surface area contributed by atoms with Crippen LogP contribution in [0.1, 0.15) is 17.5 Å². The highest BCUT2D eigenvalue weighted by atomic mass is 35.5. The van der Waals surface area contributed by atoms with Crippen molar-refractivity contribution in [1.82, 2.24) is 14.6 Å². The molecule has 0 aromatic carbocycles. The first-order chi connectivity index (χ1) is 11.5. The standard InChI is InChI=1S/C15H16Cl2FN5S/c1-8(18)10(19)4-9-5-12-11(21-7-14-20-2-3-24-14)6-13(16)22-23(12)15(9)17/h2-3,5-6,8,10,21H,4,7,19H2,1H3/t8-,10+/m0/s1. The molecule has 0 aliphatic rings. The fraction of sp³-hybridized carbons (Fsp3) is 0.333. The van der Waals surface area contributed by atoms with E-state index in [0.717, 1.165) is 21.8 Å². The van der Waals surface area contributed by atoms with Crippen LogP contribution >= 0.6 is 34.5 Å². The van der Waals surface area contributed by atoms with E-state index in [-0.39, 0.29) is 0 Å². The number of alkyl halides is 1. The molecule has 2 atom stereocenters. The molecule has 24 heavy (non-hydrogen) atoms. The molecular formula is C15H16Cl2FN5S. The first-order valence-electron chi connectivity index (χ1n) is 7.34. The molecule has 0 bridgehead atoms. The van der Waals surface area contributed by atoms with Crippen molar-refractivity contribution in [3.63, 3.8) is 0 Å². The van der Waals surface area contributed by atoms with Crippen LogP contribution in [-0.2, 0) is 13.0 Å². The highest BCUT2D eigenvalue weighted by Gasteiger charge is 2.19. The Balaban J connectivity index is 1.94. The second kappa shape index (κ2) is 7.23. The molecule has 3 aromatic rings. The normalized spacial score (nSPS) is 14.0. The molecule has 0 saturated carbocycles. The molecule has 3 rings (SSSR count). The van der Waals surface area contributed by atoms with Crippen LogP contribution in [0.2, 0.25) is 10.3 Å². The van der Waals surface area contributed by atoms with E-state index in [2.05, 4.69) is 15.4 Å². The van der Waals surface area contributed by atoms with Crippen molar-refractivity contribution in [3.8, 4) is 0 Å². The Morgan fingerprint density at radius 2 is 2.21 bits per heavy atom. The fourth-order valence-electron chi connectivity index (χ4n) is 2.35. The van der Waals surface area contributed by atoms with Crippen molar-refractivity contribution in [3.05, 3.63) is 44.6 Å². The van der Waals surface area contributed by atoms with Crippen LogP contribution in [0.25, 0.3) is 5.52 Å². The Kier molecular flexibility index (Phi) is 5.24. The summed E-state index contributed by atoms with van der Waals surface area (Å²) in [6.07, 6.45) is 0.953. The fourth-order valence-corrected chi connectivity index (χ4v) is 3.35. The van der Waals surface area contributed by atoms with Crippen LogP contribution in [0.3, 0.4) is 0 Å². The zero-order valence-corrected chi connectivity index (χ0v) is 15.2. The minimum Gasteiger partial charge on any atom is -0.377 e. The molecule has 3 heterocycles. The van der Waals surface area contributed by atoms with Gasteiger partial charge in [0.05, 0.1) is 17.7 Å². The average molecular weight is 388 g/mol. The molecule has 0 saturated heterocycles. The van der Waals surface area contributed by atoms with Gasteiger partial charge in [0.25, 0.3) is 0 Å². The lowest BCUT2D eigenvalue weighted by Gasteiger charge is -2.11. The highest BCUT2D eigenvalue weighted by molar-refractivity contribution is 7.09. The molecule has 0 radical (unpaired) electrons. The van der Waals surface area contributed by atoms with E-state index in [1.165, 1.54) is 6.92 Å². The zero-order chi connectivity index (χ0) is 17.3. The van der Waals surface area contributed by atoms with Gasteiger partial charge in [-0.05, 0) is 25.0 Å². The van der Waals surface area contributed by atoms with Gasteiger partial charge in [0.15, 0.2) is 5.15 Å². The maximum atomic E-state index is 13.4. The van der Waals surface area contributed by atoms with Crippen LogP contribution in [0.4, 0.5) is 10.1 Å². The number of aromatic nitrogens is 3. The van der Waals surface area contributed by atoms with Gasteiger partial charge in [-0.25, -0.2) is 13.9 Å². The number of rotatable bonds is 6. The van der Waals surface area contributed by atoms with Gasteiger partial charge in [-0.2, -0.15) is 5.10 Å². The highest BCUT2D eigenvalue weighted by Crippen LogP contribution is 2.29. The van der Waals surface area contributed by atoms with Gasteiger partial charge in [-0.1, -0.05) is 23.2 Å². The van der Waals surface area contributed by atoms with Crippen molar-refractivity contribution >= 4 is 45.7 Å². The summed E-state index contributed by atoms with van der Waals surface area (Å²) in [6.45, 7) is 2.00. The molecule has 128 valence electrons. The minimum atomic E-state index is -1.12. The van der Waals surface area contributed by atoms with Gasteiger partial charge in [0, 0.05) is 23.7 Å². The van der Waals surface area contributed by atoms with Crippen molar-refractivity contribution < 1.29 is 4.39 Å². The van der Waals surface area contributed by atoms with Crippen molar-refractivity contribution in [2.45, 2.75) is 32.1 Å². The van der Waals surface area contributed by atoms with Gasteiger partial charge in [0.1, 0.15) is 16.3 Å². The molecule has 9 heteroatoms. The Morgan fingerprint density at radius 3 is 2.88 bits per heavy atom. The molecule has 0 unspecified atom stereocenters. The third-order valence-electron chi connectivity index (χ3n) is 3.68. The molecule has 5 nitrogen and oxygen atoms in total. The maximum Gasteiger partial charge on any atom is 0.152 e. The number of anilines is 1. The van der Waals surface area contributed by atoms with Crippen LogP contribution in [0.5, 0.6) is 0 Å². The lowest BCUT2D eigenvalue weighted by molar-refractivity contribution is 0.304. The smallest absolute Gasteiger partial charge is 0.152 e. The van der Waals surface area contributed by atoms with Gasteiger partial charge in [-0.15, -0.1) is 11.3 Å². The molecular weight excluding hydrogens is 372 g/mol. The summed E-state index contributed by atoms with van der Waals surface area (Å²) in [6, 6.07) is 2.96. The monoisotopic (exact) mass is 387 g/mol. The molecule has 3 N–H and O–H groups in total. The van der Waals surface area contributed by atoms with Crippen LogP contribution in [0, 0.1) is 0 Å².